The van der Waals surface area contributed by atoms with E-state index in [1.54, 1.807) is 0 Å². The highest BCUT2D eigenvalue weighted by atomic mass is 19.3. The zero-order chi connectivity index (χ0) is 23.6. The predicted octanol–water partition coefficient (Wildman–Crippen LogP) is 5.30. The Bertz CT molecular complexity index is 903. The van der Waals surface area contributed by atoms with Crippen molar-refractivity contribution in [3.8, 4) is 0 Å². The molecule has 1 aromatic rings. The summed E-state index contributed by atoms with van der Waals surface area (Å²) in [6.45, 7) is 10.0. The molecule has 6 heteroatoms. The van der Waals surface area contributed by atoms with Crippen molar-refractivity contribution in [3.63, 3.8) is 0 Å². The third kappa shape index (κ3) is 3.71. The quantitative estimate of drug-likeness (QED) is 0.598. The second kappa shape index (κ2) is 8.15. The smallest absolute Gasteiger partial charge is 0.248 e. The number of aromatic nitrogens is 2. The summed E-state index contributed by atoms with van der Waals surface area (Å²) >= 11 is 0. The van der Waals surface area contributed by atoms with E-state index < -0.39 is 5.92 Å². The average molecular weight is 462 g/mol. The van der Waals surface area contributed by atoms with Gasteiger partial charge in [-0.1, -0.05) is 26.0 Å². The summed E-state index contributed by atoms with van der Waals surface area (Å²) in [5.74, 6) is -0.884. The Morgan fingerprint density at radius 3 is 2.55 bits per heavy atom. The zero-order valence-electron chi connectivity index (χ0n) is 20.3. The van der Waals surface area contributed by atoms with Crippen LogP contribution in [-0.4, -0.2) is 34.0 Å². The van der Waals surface area contributed by atoms with E-state index in [2.05, 4.69) is 26.6 Å². The van der Waals surface area contributed by atoms with Crippen LogP contribution in [0.4, 0.5) is 8.78 Å². The molecule has 0 spiro atoms. The van der Waals surface area contributed by atoms with Crippen molar-refractivity contribution < 1.29 is 13.9 Å². The molecular formula is C27H41F2N3O. The van der Waals surface area contributed by atoms with E-state index in [0.29, 0.717) is 37.1 Å². The van der Waals surface area contributed by atoms with Gasteiger partial charge >= 0.3 is 0 Å². The number of nitrogens with two attached hydrogens (primary N) is 1. The first kappa shape index (κ1) is 23.5. The molecule has 6 atom stereocenters. The van der Waals surface area contributed by atoms with Gasteiger partial charge in [-0.3, -0.25) is 4.68 Å². The van der Waals surface area contributed by atoms with Crippen LogP contribution in [0, 0.1) is 34.5 Å². The van der Waals surface area contributed by atoms with Gasteiger partial charge in [0, 0.05) is 25.6 Å². The Morgan fingerprint density at radius 2 is 1.88 bits per heavy atom. The maximum Gasteiger partial charge on any atom is 0.248 e. The average Bonchev–Trinajstić information content (AvgIpc) is 3.32. The van der Waals surface area contributed by atoms with E-state index >= 15 is 0 Å². The van der Waals surface area contributed by atoms with E-state index in [1.807, 2.05) is 4.68 Å². The second-order valence-electron chi connectivity index (χ2n) is 12.1. The van der Waals surface area contributed by atoms with E-state index in [0.717, 1.165) is 37.8 Å². The standard InChI is InChI=1S/C27H41F2N3O/c1-17-4-5-22-21(14-30)23(8-9-25(17,22)2)26(3)13-18-15-32(31-24(18)12-19(26)16-33)20-6-10-27(28,29)11-7-20/h15,19-23,33H,1,4-14,16,30H2,2-3H3/t19-,21+,22+,23+,25-,26+/m1/s1. The molecule has 0 radical (unpaired) electrons. The third-order valence-electron chi connectivity index (χ3n) is 10.6. The molecule has 3 N–H and O–H groups in total. The summed E-state index contributed by atoms with van der Waals surface area (Å²) in [7, 11) is 0. The number of fused-ring (bicyclic) bond motifs is 2. The van der Waals surface area contributed by atoms with Gasteiger partial charge in [0.15, 0.2) is 0 Å². The second-order valence-corrected chi connectivity index (χ2v) is 12.1. The first-order chi connectivity index (χ1) is 15.6. The Kier molecular flexibility index (Phi) is 5.80. The molecule has 0 bridgehead atoms. The molecule has 5 rings (SSSR count). The maximum absolute atomic E-state index is 13.7. The minimum absolute atomic E-state index is 0.0372. The van der Waals surface area contributed by atoms with Crippen LogP contribution < -0.4 is 5.73 Å². The van der Waals surface area contributed by atoms with E-state index in [4.69, 9.17) is 10.8 Å². The molecular weight excluding hydrogens is 420 g/mol. The SMILES string of the molecule is C=C1CC[C@H]2[C@H](CN)[C@@H]([C@@]3(C)Cc4cn(C5CCC(F)(F)CC5)nc4C[C@@H]3CO)CC[C@]12C. The summed E-state index contributed by atoms with van der Waals surface area (Å²) in [6, 6.07) is 0.0609. The monoisotopic (exact) mass is 461 g/mol. The summed E-state index contributed by atoms with van der Waals surface area (Å²) in [4.78, 5) is 0. The Labute approximate surface area is 197 Å². The number of halogens is 2. The minimum atomic E-state index is -2.53. The van der Waals surface area contributed by atoms with Crippen LogP contribution in [0.1, 0.15) is 82.5 Å². The summed E-state index contributed by atoms with van der Waals surface area (Å²) in [5.41, 5.74) is 10.3. The highest BCUT2D eigenvalue weighted by Gasteiger charge is 2.56. The lowest BCUT2D eigenvalue weighted by Gasteiger charge is -2.55. The number of aliphatic hydroxyl groups excluding tert-OH is 1. The highest BCUT2D eigenvalue weighted by molar-refractivity contribution is 5.27. The van der Waals surface area contributed by atoms with Gasteiger partial charge < -0.3 is 10.8 Å². The molecule has 0 aromatic carbocycles. The number of rotatable bonds is 4. The van der Waals surface area contributed by atoms with Gasteiger partial charge in [-0.2, -0.15) is 5.10 Å². The number of alkyl halides is 2. The summed E-state index contributed by atoms with van der Waals surface area (Å²) < 4.78 is 29.3. The van der Waals surface area contributed by atoms with Gasteiger partial charge in [0.05, 0.1) is 11.7 Å². The van der Waals surface area contributed by atoms with Crippen LogP contribution in [0.3, 0.4) is 0 Å². The first-order valence-electron chi connectivity index (χ1n) is 13.0. The molecule has 3 saturated carbocycles. The van der Waals surface area contributed by atoms with Crippen molar-refractivity contribution in [2.24, 2.45) is 40.2 Å². The van der Waals surface area contributed by atoms with Gasteiger partial charge in [-0.15, -0.1) is 0 Å². The van der Waals surface area contributed by atoms with Gasteiger partial charge in [0.2, 0.25) is 5.92 Å². The molecule has 33 heavy (non-hydrogen) atoms. The third-order valence-corrected chi connectivity index (χ3v) is 10.6. The van der Waals surface area contributed by atoms with Crippen LogP contribution in [0.15, 0.2) is 18.3 Å². The topological polar surface area (TPSA) is 64.1 Å². The summed E-state index contributed by atoms with van der Waals surface area (Å²) in [5, 5.41) is 15.3. The van der Waals surface area contributed by atoms with Gasteiger partial charge in [-0.25, -0.2) is 8.78 Å². The lowest BCUT2D eigenvalue weighted by atomic mass is 9.49. The van der Waals surface area contributed by atoms with E-state index in [-0.39, 0.29) is 42.2 Å². The predicted molar refractivity (Wildman–Crippen MR) is 126 cm³/mol. The number of allylic oxidation sites excluding steroid dienone is 1. The van der Waals surface area contributed by atoms with Gasteiger partial charge in [0.1, 0.15) is 0 Å². The fourth-order valence-corrected chi connectivity index (χ4v) is 8.33. The maximum atomic E-state index is 13.7. The number of nitrogens with zero attached hydrogens (tertiary/aromatic N) is 2. The Hall–Kier alpha value is -1.27. The largest absolute Gasteiger partial charge is 0.396 e. The first-order valence-corrected chi connectivity index (χ1v) is 13.0. The van der Waals surface area contributed by atoms with Crippen LogP contribution in [0.25, 0.3) is 0 Å². The van der Waals surface area contributed by atoms with Gasteiger partial charge in [0.25, 0.3) is 0 Å². The lowest BCUT2D eigenvalue weighted by molar-refractivity contribution is -0.0536. The molecule has 4 aliphatic carbocycles. The minimum Gasteiger partial charge on any atom is -0.396 e. The Balaban J connectivity index is 1.41. The van der Waals surface area contributed by atoms with Crippen molar-refractivity contribution in [2.75, 3.05) is 13.2 Å². The molecule has 3 fully saturated rings. The van der Waals surface area contributed by atoms with Crippen LogP contribution >= 0.6 is 0 Å². The van der Waals surface area contributed by atoms with Gasteiger partial charge in [-0.05, 0) is 98.0 Å². The molecule has 1 heterocycles. The molecule has 0 saturated heterocycles. The number of hydrogen-bond acceptors (Lipinski definition) is 3. The van der Waals surface area contributed by atoms with Crippen LogP contribution in [0.2, 0.25) is 0 Å². The fourth-order valence-electron chi connectivity index (χ4n) is 8.33. The fraction of sp³-hybridized carbons (Fsp3) is 0.815. The van der Waals surface area contributed by atoms with Crippen LogP contribution in [-0.2, 0) is 12.8 Å². The van der Waals surface area contributed by atoms with Crippen molar-refractivity contribution in [1.82, 2.24) is 9.78 Å². The molecule has 4 nitrogen and oxygen atoms in total. The van der Waals surface area contributed by atoms with E-state index in [1.165, 1.54) is 17.6 Å². The van der Waals surface area contributed by atoms with Crippen molar-refractivity contribution >= 4 is 0 Å². The molecule has 4 aliphatic rings. The normalized spacial score (nSPS) is 41.1. The molecule has 0 amide bonds. The highest BCUT2D eigenvalue weighted by Crippen LogP contribution is 2.62. The van der Waals surface area contributed by atoms with Crippen molar-refractivity contribution in [2.45, 2.75) is 90.0 Å². The van der Waals surface area contributed by atoms with Crippen LogP contribution in [0.5, 0.6) is 0 Å². The molecule has 0 aliphatic heterocycles. The Morgan fingerprint density at radius 1 is 1.15 bits per heavy atom. The van der Waals surface area contributed by atoms with Crippen molar-refractivity contribution in [1.29, 1.82) is 0 Å². The lowest BCUT2D eigenvalue weighted by Crippen LogP contribution is -2.53. The molecule has 184 valence electrons. The summed E-state index contributed by atoms with van der Waals surface area (Å²) in [6.07, 6.45) is 9.24. The number of aliphatic hydroxyl groups is 1. The zero-order valence-corrected chi connectivity index (χ0v) is 20.3. The molecule has 0 unspecified atom stereocenters. The number of hydrogen-bond donors (Lipinski definition) is 2. The van der Waals surface area contributed by atoms with E-state index in [9.17, 15) is 13.9 Å². The van der Waals surface area contributed by atoms with Crippen molar-refractivity contribution in [3.05, 3.63) is 29.6 Å². The molecule has 1 aromatic heterocycles.